The number of ether oxygens (including phenoxy) is 1. The van der Waals surface area contributed by atoms with Gasteiger partial charge in [-0.2, -0.15) is 4.98 Å². The van der Waals surface area contributed by atoms with Crippen molar-refractivity contribution in [1.29, 1.82) is 0 Å². The third kappa shape index (κ3) is 4.70. The van der Waals surface area contributed by atoms with Crippen LogP contribution in [0.15, 0.2) is 47.4 Å². The summed E-state index contributed by atoms with van der Waals surface area (Å²) < 4.78 is 11.0. The molecule has 0 aliphatic heterocycles. The van der Waals surface area contributed by atoms with E-state index in [0.717, 1.165) is 12.8 Å². The van der Waals surface area contributed by atoms with E-state index >= 15 is 0 Å². The van der Waals surface area contributed by atoms with Crippen LogP contribution in [0.1, 0.15) is 37.9 Å². The number of carbonyl (C=O) groups is 1. The number of hydrogen-bond acceptors (Lipinski definition) is 7. The number of carbonyl (C=O) groups excluding carboxylic acids is 1. The van der Waals surface area contributed by atoms with Crippen molar-refractivity contribution in [3.63, 3.8) is 0 Å². The van der Waals surface area contributed by atoms with E-state index < -0.39 is 0 Å². The smallest absolute Gasteiger partial charge is 0.258 e. The number of rotatable bonds is 6. The predicted molar refractivity (Wildman–Crippen MR) is 101 cm³/mol. The van der Waals surface area contributed by atoms with E-state index in [4.69, 9.17) is 9.26 Å². The number of amides is 1. The second kappa shape index (κ2) is 8.60. The fraction of sp³-hybridized carbons (Fsp3) is 0.350. The molecular formula is C20H21N5O3. The maximum Gasteiger partial charge on any atom is 0.258 e. The van der Waals surface area contributed by atoms with Crippen LogP contribution in [0.2, 0.25) is 0 Å². The van der Waals surface area contributed by atoms with E-state index in [1.807, 2.05) is 12.1 Å². The van der Waals surface area contributed by atoms with Gasteiger partial charge in [-0.1, -0.05) is 30.5 Å². The molecule has 1 fully saturated rings. The van der Waals surface area contributed by atoms with Crippen molar-refractivity contribution in [2.45, 2.75) is 44.6 Å². The molecule has 2 aromatic heterocycles. The molecule has 3 aromatic rings. The summed E-state index contributed by atoms with van der Waals surface area (Å²) in [5.74, 6) is 1.60. The molecule has 1 saturated carbocycles. The van der Waals surface area contributed by atoms with Gasteiger partial charge in [-0.15, -0.1) is 0 Å². The Kier molecular flexibility index (Phi) is 5.56. The van der Waals surface area contributed by atoms with Crippen molar-refractivity contribution in [3.05, 3.63) is 48.7 Å². The van der Waals surface area contributed by atoms with Crippen molar-refractivity contribution in [3.8, 4) is 23.1 Å². The minimum atomic E-state index is -0.0704. The number of aromatic nitrogens is 4. The van der Waals surface area contributed by atoms with Crippen LogP contribution in [0.3, 0.4) is 0 Å². The minimum Gasteiger partial charge on any atom is -0.437 e. The SMILES string of the molecule is O=C(Cc1noc(-c2cccc(Oc3cnccn3)c2)n1)NC1CCCCC1. The molecule has 8 heteroatoms. The highest BCUT2D eigenvalue weighted by Gasteiger charge is 2.18. The molecule has 0 atom stereocenters. The Labute approximate surface area is 162 Å². The van der Waals surface area contributed by atoms with Gasteiger partial charge in [-0.25, -0.2) is 4.98 Å². The van der Waals surface area contributed by atoms with E-state index in [1.165, 1.54) is 25.5 Å². The molecule has 1 amide bonds. The summed E-state index contributed by atoms with van der Waals surface area (Å²) in [6, 6.07) is 7.49. The molecule has 1 aliphatic rings. The zero-order valence-corrected chi connectivity index (χ0v) is 15.4. The van der Waals surface area contributed by atoms with Gasteiger partial charge >= 0.3 is 0 Å². The summed E-state index contributed by atoms with van der Waals surface area (Å²) in [5.41, 5.74) is 0.702. The van der Waals surface area contributed by atoms with Crippen molar-refractivity contribution >= 4 is 5.91 Å². The number of hydrogen-bond donors (Lipinski definition) is 1. The second-order valence-electron chi connectivity index (χ2n) is 6.77. The summed E-state index contributed by atoms with van der Waals surface area (Å²) in [5, 5.41) is 6.99. The zero-order chi connectivity index (χ0) is 19.2. The van der Waals surface area contributed by atoms with Crippen LogP contribution in [0.4, 0.5) is 0 Å². The van der Waals surface area contributed by atoms with Crippen LogP contribution in [-0.4, -0.2) is 32.1 Å². The summed E-state index contributed by atoms with van der Waals surface area (Å²) in [6.45, 7) is 0. The van der Waals surface area contributed by atoms with Crippen LogP contribution in [0, 0.1) is 0 Å². The van der Waals surface area contributed by atoms with Gasteiger partial charge in [0, 0.05) is 24.0 Å². The highest BCUT2D eigenvalue weighted by molar-refractivity contribution is 5.78. The van der Waals surface area contributed by atoms with Crippen molar-refractivity contribution in [2.24, 2.45) is 0 Å². The quantitative estimate of drug-likeness (QED) is 0.701. The highest BCUT2D eigenvalue weighted by atomic mass is 16.5. The molecule has 1 aromatic carbocycles. The maximum atomic E-state index is 12.2. The fourth-order valence-electron chi connectivity index (χ4n) is 3.26. The zero-order valence-electron chi connectivity index (χ0n) is 15.4. The highest BCUT2D eigenvalue weighted by Crippen LogP contribution is 2.25. The lowest BCUT2D eigenvalue weighted by atomic mass is 9.95. The molecule has 144 valence electrons. The van der Waals surface area contributed by atoms with Gasteiger partial charge in [0.2, 0.25) is 11.8 Å². The monoisotopic (exact) mass is 379 g/mol. The molecule has 28 heavy (non-hydrogen) atoms. The number of nitrogens with one attached hydrogen (secondary N) is 1. The third-order valence-electron chi connectivity index (χ3n) is 4.60. The second-order valence-corrected chi connectivity index (χ2v) is 6.77. The van der Waals surface area contributed by atoms with E-state index in [0.29, 0.717) is 28.9 Å². The first-order valence-electron chi connectivity index (χ1n) is 9.42. The van der Waals surface area contributed by atoms with Gasteiger partial charge in [0.1, 0.15) is 5.75 Å². The fourth-order valence-corrected chi connectivity index (χ4v) is 3.26. The summed E-state index contributed by atoms with van der Waals surface area (Å²) in [7, 11) is 0. The Morgan fingerprint density at radius 1 is 1.21 bits per heavy atom. The van der Waals surface area contributed by atoms with Crippen molar-refractivity contribution in [2.75, 3.05) is 0 Å². The van der Waals surface area contributed by atoms with Crippen molar-refractivity contribution < 1.29 is 14.1 Å². The molecule has 0 saturated heterocycles. The molecule has 0 spiro atoms. The molecular weight excluding hydrogens is 358 g/mol. The number of benzene rings is 1. The molecule has 0 bridgehead atoms. The Morgan fingerprint density at radius 2 is 2.11 bits per heavy atom. The van der Waals surface area contributed by atoms with E-state index in [9.17, 15) is 4.79 Å². The van der Waals surface area contributed by atoms with Crippen LogP contribution < -0.4 is 10.1 Å². The standard InChI is InChI=1S/C20H21N5O3/c26-18(23-15-6-2-1-3-7-15)12-17-24-20(28-25-17)14-5-4-8-16(11-14)27-19-13-21-9-10-22-19/h4-5,8-11,13,15H,1-3,6-7,12H2,(H,23,26). The topological polar surface area (TPSA) is 103 Å². The lowest BCUT2D eigenvalue weighted by Gasteiger charge is -2.22. The Hall–Kier alpha value is -3.29. The molecule has 4 rings (SSSR count). The third-order valence-corrected chi connectivity index (χ3v) is 4.60. The average molecular weight is 379 g/mol. The average Bonchev–Trinajstić information content (AvgIpc) is 3.18. The van der Waals surface area contributed by atoms with Crippen LogP contribution in [0.5, 0.6) is 11.6 Å². The van der Waals surface area contributed by atoms with Crippen LogP contribution >= 0.6 is 0 Å². The molecule has 0 radical (unpaired) electrons. The van der Waals surface area contributed by atoms with Gasteiger partial charge in [0.25, 0.3) is 5.89 Å². The summed E-state index contributed by atoms with van der Waals surface area (Å²) >= 11 is 0. The first kappa shape index (κ1) is 18.1. The van der Waals surface area contributed by atoms with Gasteiger partial charge in [0.15, 0.2) is 5.82 Å². The van der Waals surface area contributed by atoms with Gasteiger partial charge in [-0.3, -0.25) is 9.78 Å². The number of nitrogens with zero attached hydrogens (tertiary/aromatic N) is 4. The molecule has 8 nitrogen and oxygen atoms in total. The van der Waals surface area contributed by atoms with Gasteiger partial charge in [0.05, 0.1) is 12.6 Å². The lowest BCUT2D eigenvalue weighted by molar-refractivity contribution is -0.121. The largest absolute Gasteiger partial charge is 0.437 e. The predicted octanol–water partition coefficient (Wildman–Crippen LogP) is 3.31. The normalized spacial score (nSPS) is 14.6. The van der Waals surface area contributed by atoms with E-state index in [1.54, 1.807) is 24.5 Å². The van der Waals surface area contributed by atoms with Gasteiger partial charge in [-0.05, 0) is 31.0 Å². The van der Waals surface area contributed by atoms with Crippen molar-refractivity contribution in [1.82, 2.24) is 25.4 Å². The van der Waals surface area contributed by atoms with Crippen LogP contribution in [-0.2, 0) is 11.2 Å². The minimum absolute atomic E-state index is 0.0704. The van der Waals surface area contributed by atoms with E-state index in [-0.39, 0.29) is 18.4 Å². The Morgan fingerprint density at radius 3 is 2.93 bits per heavy atom. The molecule has 0 unspecified atom stereocenters. The first-order valence-corrected chi connectivity index (χ1v) is 9.42. The Balaban J connectivity index is 1.39. The van der Waals surface area contributed by atoms with Crippen LogP contribution in [0.25, 0.3) is 11.5 Å². The van der Waals surface area contributed by atoms with E-state index in [2.05, 4.69) is 25.4 Å². The molecule has 2 heterocycles. The summed E-state index contributed by atoms with van der Waals surface area (Å²) in [4.78, 5) is 24.6. The first-order chi connectivity index (χ1) is 13.8. The Bertz CT molecular complexity index is 922. The maximum absolute atomic E-state index is 12.2. The van der Waals surface area contributed by atoms with Gasteiger partial charge < -0.3 is 14.6 Å². The molecule has 1 aliphatic carbocycles. The summed E-state index contributed by atoms with van der Waals surface area (Å²) in [6.07, 6.45) is 10.5. The molecule has 1 N–H and O–H groups in total. The lowest BCUT2D eigenvalue weighted by Crippen LogP contribution is -2.37.